The lowest BCUT2D eigenvalue weighted by molar-refractivity contribution is 0.0168. The Morgan fingerprint density at radius 3 is 2.73 bits per heavy atom. The first-order valence-electron chi connectivity index (χ1n) is 9.16. The topological polar surface area (TPSA) is 64.1 Å². The van der Waals surface area contributed by atoms with E-state index >= 15 is 0 Å². The minimum atomic E-state index is 0. The summed E-state index contributed by atoms with van der Waals surface area (Å²) in [7, 11) is 1.67. The molecule has 1 aliphatic heterocycles. The van der Waals surface area contributed by atoms with Crippen molar-refractivity contribution in [3.05, 3.63) is 29.8 Å². The second-order valence-corrected chi connectivity index (χ2v) is 6.03. The Kier molecular flexibility index (Phi) is 12.4. The van der Waals surface area contributed by atoms with Crippen LogP contribution in [0.25, 0.3) is 0 Å². The monoisotopic (exact) mass is 477 g/mol. The maximum absolute atomic E-state index is 5.67. The third-order valence-electron chi connectivity index (χ3n) is 4.01. The lowest BCUT2D eigenvalue weighted by Crippen LogP contribution is -2.38. The second kappa shape index (κ2) is 14.1. The molecule has 2 rings (SSSR count). The van der Waals surface area contributed by atoms with Crippen molar-refractivity contribution in [2.45, 2.75) is 38.8 Å². The molecule has 1 heterocycles. The van der Waals surface area contributed by atoms with E-state index in [2.05, 4.69) is 22.5 Å². The molecule has 148 valence electrons. The number of hydrogen-bond acceptors (Lipinski definition) is 4. The Morgan fingerprint density at radius 1 is 1.27 bits per heavy atom. The number of nitrogens with one attached hydrogen (secondary N) is 2. The third-order valence-corrected chi connectivity index (χ3v) is 4.01. The van der Waals surface area contributed by atoms with Gasteiger partial charge in [0, 0.05) is 26.3 Å². The number of methoxy groups -OCH3 is 1. The fraction of sp³-hybridized carbons (Fsp3) is 0.632. The van der Waals surface area contributed by atoms with Gasteiger partial charge in [0.15, 0.2) is 5.96 Å². The Bertz CT molecular complexity index is 505. The highest BCUT2D eigenvalue weighted by Gasteiger charge is 2.14. The van der Waals surface area contributed by atoms with Crippen LogP contribution in [0.2, 0.25) is 0 Å². The standard InChI is InChI=1S/C19H31N3O3.HI/c1-3-20-19(22-14-16-7-9-17(23-2)10-8-16)21-11-5-12-24-15-18-6-4-13-25-18;/h7-10,18H,3-6,11-15H2,1-2H3,(H2,20,21,22);1H. The van der Waals surface area contributed by atoms with E-state index in [0.717, 1.165) is 62.8 Å². The molecule has 0 spiro atoms. The van der Waals surface area contributed by atoms with E-state index in [4.69, 9.17) is 14.2 Å². The van der Waals surface area contributed by atoms with Gasteiger partial charge in [0.05, 0.1) is 26.4 Å². The van der Waals surface area contributed by atoms with Crippen LogP contribution < -0.4 is 15.4 Å². The van der Waals surface area contributed by atoms with Gasteiger partial charge in [-0.05, 0) is 43.9 Å². The smallest absolute Gasteiger partial charge is 0.191 e. The van der Waals surface area contributed by atoms with Crippen molar-refractivity contribution in [3.63, 3.8) is 0 Å². The van der Waals surface area contributed by atoms with E-state index in [-0.39, 0.29) is 24.0 Å². The Hall–Kier alpha value is -1.06. The van der Waals surface area contributed by atoms with E-state index in [0.29, 0.717) is 19.3 Å². The first-order chi connectivity index (χ1) is 12.3. The van der Waals surface area contributed by atoms with Gasteiger partial charge in [-0.25, -0.2) is 4.99 Å². The number of hydrogen-bond donors (Lipinski definition) is 2. The van der Waals surface area contributed by atoms with Crippen molar-refractivity contribution in [1.82, 2.24) is 10.6 Å². The molecule has 1 fully saturated rings. The summed E-state index contributed by atoms with van der Waals surface area (Å²) in [5, 5.41) is 6.61. The quantitative estimate of drug-likeness (QED) is 0.235. The summed E-state index contributed by atoms with van der Waals surface area (Å²) < 4.78 is 16.4. The molecule has 7 heteroatoms. The Morgan fingerprint density at radius 2 is 2.08 bits per heavy atom. The number of nitrogens with zero attached hydrogens (tertiary/aromatic N) is 1. The molecule has 0 amide bonds. The number of rotatable bonds is 10. The van der Waals surface area contributed by atoms with Crippen LogP contribution in [0, 0.1) is 0 Å². The lowest BCUT2D eigenvalue weighted by Gasteiger charge is -2.12. The van der Waals surface area contributed by atoms with Crippen LogP contribution in [-0.2, 0) is 16.0 Å². The van der Waals surface area contributed by atoms with Crippen LogP contribution in [0.4, 0.5) is 0 Å². The highest BCUT2D eigenvalue weighted by molar-refractivity contribution is 14.0. The molecular formula is C19H32IN3O3. The van der Waals surface area contributed by atoms with Crippen LogP contribution in [-0.4, -0.2) is 52.1 Å². The summed E-state index contributed by atoms with van der Waals surface area (Å²) in [5.74, 6) is 1.69. The molecule has 1 aromatic carbocycles. The van der Waals surface area contributed by atoms with Crippen molar-refractivity contribution < 1.29 is 14.2 Å². The van der Waals surface area contributed by atoms with Crippen molar-refractivity contribution in [2.24, 2.45) is 4.99 Å². The van der Waals surface area contributed by atoms with Crippen molar-refractivity contribution in [2.75, 3.05) is 40.0 Å². The van der Waals surface area contributed by atoms with E-state index in [1.807, 2.05) is 24.3 Å². The van der Waals surface area contributed by atoms with Gasteiger partial charge in [0.1, 0.15) is 5.75 Å². The summed E-state index contributed by atoms with van der Waals surface area (Å²) >= 11 is 0. The first kappa shape index (κ1) is 23.0. The zero-order valence-corrected chi connectivity index (χ0v) is 18.2. The molecule has 1 aromatic rings. The van der Waals surface area contributed by atoms with Gasteiger partial charge in [-0.1, -0.05) is 12.1 Å². The number of halogens is 1. The van der Waals surface area contributed by atoms with Crippen LogP contribution in [0.1, 0.15) is 31.7 Å². The highest BCUT2D eigenvalue weighted by Crippen LogP contribution is 2.12. The number of benzene rings is 1. The minimum absolute atomic E-state index is 0. The van der Waals surface area contributed by atoms with Crippen molar-refractivity contribution in [3.8, 4) is 5.75 Å². The van der Waals surface area contributed by atoms with Crippen molar-refractivity contribution in [1.29, 1.82) is 0 Å². The number of ether oxygens (including phenoxy) is 3. The molecule has 26 heavy (non-hydrogen) atoms. The summed E-state index contributed by atoms with van der Waals surface area (Å²) in [6, 6.07) is 7.98. The predicted octanol–water partition coefficient (Wildman–Crippen LogP) is 2.95. The average Bonchev–Trinajstić information content (AvgIpc) is 3.16. The van der Waals surface area contributed by atoms with Gasteiger partial charge in [0.2, 0.25) is 0 Å². The van der Waals surface area contributed by atoms with Gasteiger partial charge in [-0.15, -0.1) is 24.0 Å². The molecule has 1 unspecified atom stereocenters. The summed E-state index contributed by atoms with van der Waals surface area (Å²) in [4.78, 5) is 4.61. The lowest BCUT2D eigenvalue weighted by atomic mass is 10.2. The molecule has 2 N–H and O–H groups in total. The first-order valence-corrected chi connectivity index (χ1v) is 9.16. The number of guanidine groups is 1. The van der Waals surface area contributed by atoms with E-state index < -0.39 is 0 Å². The van der Waals surface area contributed by atoms with Gasteiger partial charge < -0.3 is 24.8 Å². The van der Waals surface area contributed by atoms with Crippen LogP contribution in [0.3, 0.4) is 0 Å². The molecule has 0 saturated carbocycles. The predicted molar refractivity (Wildman–Crippen MR) is 116 cm³/mol. The fourth-order valence-corrected chi connectivity index (χ4v) is 2.61. The fourth-order valence-electron chi connectivity index (χ4n) is 2.61. The molecule has 6 nitrogen and oxygen atoms in total. The molecule has 1 atom stereocenters. The molecule has 1 saturated heterocycles. The van der Waals surface area contributed by atoms with Gasteiger partial charge >= 0.3 is 0 Å². The van der Waals surface area contributed by atoms with E-state index in [1.165, 1.54) is 0 Å². The molecule has 0 bridgehead atoms. The molecular weight excluding hydrogens is 445 g/mol. The SMILES string of the molecule is CCNC(=NCc1ccc(OC)cc1)NCCCOCC1CCCO1.I. The average molecular weight is 477 g/mol. The van der Waals surface area contributed by atoms with Crippen LogP contribution >= 0.6 is 24.0 Å². The van der Waals surface area contributed by atoms with Gasteiger partial charge in [-0.2, -0.15) is 0 Å². The normalized spacial score (nSPS) is 16.8. The van der Waals surface area contributed by atoms with E-state index in [1.54, 1.807) is 7.11 Å². The molecule has 0 aliphatic carbocycles. The van der Waals surface area contributed by atoms with Gasteiger partial charge in [0.25, 0.3) is 0 Å². The Balaban J connectivity index is 0.00000338. The van der Waals surface area contributed by atoms with Crippen molar-refractivity contribution >= 4 is 29.9 Å². The largest absolute Gasteiger partial charge is 0.497 e. The molecule has 0 radical (unpaired) electrons. The molecule has 1 aliphatic rings. The zero-order valence-electron chi connectivity index (χ0n) is 15.8. The van der Waals surface area contributed by atoms with Crippen LogP contribution in [0.5, 0.6) is 5.75 Å². The Labute approximate surface area is 174 Å². The highest BCUT2D eigenvalue weighted by atomic mass is 127. The molecule has 0 aromatic heterocycles. The van der Waals surface area contributed by atoms with E-state index in [9.17, 15) is 0 Å². The van der Waals surface area contributed by atoms with Crippen LogP contribution in [0.15, 0.2) is 29.3 Å². The minimum Gasteiger partial charge on any atom is -0.497 e. The zero-order chi connectivity index (χ0) is 17.7. The summed E-state index contributed by atoms with van der Waals surface area (Å²) in [5.41, 5.74) is 1.15. The number of aliphatic imine (C=N–C) groups is 1. The third kappa shape index (κ3) is 9.05. The second-order valence-electron chi connectivity index (χ2n) is 6.03. The summed E-state index contributed by atoms with van der Waals surface area (Å²) in [6.07, 6.45) is 3.53. The maximum atomic E-state index is 5.67. The van der Waals surface area contributed by atoms with Gasteiger partial charge in [-0.3, -0.25) is 0 Å². The maximum Gasteiger partial charge on any atom is 0.191 e. The summed E-state index contributed by atoms with van der Waals surface area (Å²) in [6.45, 7) is 6.71.